The lowest BCUT2D eigenvalue weighted by molar-refractivity contribution is -0.117. The number of hydrogen-bond acceptors (Lipinski definition) is 4. The van der Waals surface area contributed by atoms with Crippen LogP contribution in [0.3, 0.4) is 0 Å². The number of nitrogens with one attached hydrogen (secondary N) is 1. The van der Waals surface area contributed by atoms with Crippen molar-refractivity contribution in [2.45, 2.75) is 31.0 Å². The Bertz CT molecular complexity index is 459. The molecule has 1 aromatic rings. The highest BCUT2D eigenvalue weighted by molar-refractivity contribution is 5.92. The van der Waals surface area contributed by atoms with Crippen molar-refractivity contribution in [2.24, 2.45) is 18.7 Å². The summed E-state index contributed by atoms with van der Waals surface area (Å²) in [5.41, 5.74) is 6.51. The van der Waals surface area contributed by atoms with E-state index in [9.17, 15) is 4.79 Å². The van der Waals surface area contributed by atoms with Crippen LogP contribution in [0.1, 0.15) is 23.3 Å². The summed E-state index contributed by atoms with van der Waals surface area (Å²) < 4.78 is 7.43. The van der Waals surface area contributed by atoms with E-state index in [-0.39, 0.29) is 24.1 Å². The van der Waals surface area contributed by atoms with Gasteiger partial charge in [-0.2, -0.15) is 0 Å². The fraction of sp³-hybridized carbons (Fsp3) is 0.667. The first-order valence-corrected chi connectivity index (χ1v) is 6.33. The van der Waals surface area contributed by atoms with Gasteiger partial charge in [-0.15, -0.1) is 0 Å². The van der Waals surface area contributed by atoms with Crippen LogP contribution in [0.4, 0.5) is 0 Å². The normalized spacial score (nSPS) is 34.6. The van der Waals surface area contributed by atoms with Crippen molar-refractivity contribution in [3.63, 3.8) is 0 Å². The zero-order valence-electron chi connectivity index (χ0n) is 10.4. The standard InChI is InChI=1S/C12H18N4O2/c1-16-5-8(14-6-16)12(17)15-10-9(13)7-3-2-4-18-11(7)10/h5-7,9-11H,2-4,13H2,1H3,(H,15,17). The number of nitrogens with two attached hydrogens (primary N) is 1. The van der Waals surface area contributed by atoms with Gasteiger partial charge in [0.2, 0.25) is 0 Å². The Hall–Kier alpha value is -1.40. The highest BCUT2D eigenvalue weighted by atomic mass is 16.5. The maximum absolute atomic E-state index is 12.0. The van der Waals surface area contributed by atoms with Gasteiger partial charge in [0.25, 0.3) is 5.91 Å². The Kier molecular flexibility index (Phi) is 2.83. The van der Waals surface area contributed by atoms with Gasteiger partial charge in [0, 0.05) is 31.8 Å². The monoisotopic (exact) mass is 250 g/mol. The van der Waals surface area contributed by atoms with Crippen molar-refractivity contribution in [2.75, 3.05) is 6.61 Å². The maximum Gasteiger partial charge on any atom is 0.271 e. The van der Waals surface area contributed by atoms with E-state index in [1.165, 1.54) is 0 Å². The quantitative estimate of drug-likeness (QED) is 0.752. The minimum atomic E-state index is -0.177. The van der Waals surface area contributed by atoms with Gasteiger partial charge in [-0.25, -0.2) is 4.98 Å². The van der Waals surface area contributed by atoms with Gasteiger partial charge < -0.3 is 20.4 Å². The van der Waals surface area contributed by atoms with Gasteiger partial charge in [-0.3, -0.25) is 4.79 Å². The molecule has 4 unspecified atom stereocenters. The summed E-state index contributed by atoms with van der Waals surface area (Å²) in [5, 5.41) is 2.93. The smallest absolute Gasteiger partial charge is 0.271 e. The summed E-state index contributed by atoms with van der Waals surface area (Å²) in [4.78, 5) is 16.0. The van der Waals surface area contributed by atoms with Gasteiger partial charge in [0.05, 0.1) is 18.5 Å². The van der Waals surface area contributed by atoms with Crippen LogP contribution in [0.2, 0.25) is 0 Å². The van der Waals surface area contributed by atoms with Gasteiger partial charge in [-0.1, -0.05) is 0 Å². The van der Waals surface area contributed by atoms with E-state index in [4.69, 9.17) is 10.5 Å². The van der Waals surface area contributed by atoms with Crippen LogP contribution in [-0.4, -0.2) is 40.3 Å². The first-order chi connectivity index (χ1) is 8.66. The molecule has 6 heteroatoms. The van der Waals surface area contributed by atoms with Gasteiger partial charge in [0.1, 0.15) is 5.69 Å². The lowest BCUT2D eigenvalue weighted by atomic mass is 9.68. The summed E-state index contributed by atoms with van der Waals surface area (Å²) in [6, 6.07) is -0.0761. The number of ether oxygens (including phenoxy) is 1. The molecule has 1 aliphatic heterocycles. The number of nitrogens with zero attached hydrogens (tertiary/aromatic N) is 2. The Morgan fingerprint density at radius 3 is 3.22 bits per heavy atom. The molecule has 3 rings (SSSR count). The number of aryl methyl sites for hydroxylation is 1. The number of rotatable bonds is 2. The molecule has 4 atom stereocenters. The van der Waals surface area contributed by atoms with Crippen molar-refractivity contribution < 1.29 is 9.53 Å². The molecule has 98 valence electrons. The van der Waals surface area contributed by atoms with Gasteiger partial charge >= 0.3 is 0 Å². The number of amides is 1. The predicted molar refractivity (Wildman–Crippen MR) is 64.9 cm³/mol. The molecule has 0 bridgehead atoms. The highest BCUT2D eigenvalue weighted by Gasteiger charge is 2.51. The van der Waals surface area contributed by atoms with E-state index in [2.05, 4.69) is 10.3 Å². The fourth-order valence-electron chi connectivity index (χ4n) is 2.88. The lowest BCUT2D eigenvalue weighted by Gasteiger charge is -2.52. The minimum absolute atomic E-state index is 0.00274. The van der Waals surface area contributed by atoms with Crippen LogP contribution in [0.5, 0.6) is 0 Å². The van der Waals surface area contributed by atoms with Crippen molar-refractivity contribution in [3.8, 4) is 0 Å². The maximum atomic E-state index is 12.0. The lowest BCUT2D eigenvalue weighted by Crippen LogP contribution is -2.72. The molecule has 1 saturated carbocycles. The fourth-order valence-corrected chi connectivity index (χ4v) is 2.88. The number of carbonyl (C=O) groups is 1. The van der Waals surface area contributed by atoms with E-state index >= 15 is 0 Å². The van der Waals surface area contributed by atoms with Gasteiger partial charge in [0.15, 0.2) is 0 Å². The Morgan fingerprint density at radius 1 is 1.67 bits per heavy atom. The number of hydrogen-bond donors (Lipinski definition) is 2. The summed E-state index contributed by atoms with van der Waals surface area (Å²) in [6.45, 7) is 0.768. The molecule has 2 heterocycles. The average Bonchev–Trinajstić information content (AvgIpc) is 2.82. The molecule has 1 aromatic heterocycles. The van der Waals surface area contributed by atoms with Crippen LogP contribution in [0.15, 0.2) is 12.5 Å². The van der Waals surface area contributed by atoms with Crippen LogP contribution in [-0.2, 0) is 11.8 Å². The predicted octanol–water partition coefficient (Wildman–Crippen LogP) is -0.345. The topological polar surface area (TPSA) is 82.2 Å². The Morgan fingerprint density at radius 2 is 2.50 bits per heavy atom. The molecule has 2 fully saturated rings. The van der Waals surface area contributed by atoms with Crippen LogP contribution in [0, 0.1) is 5.92 Å². The number of carbonyl (C=O) groups excluding carboxylic acids is 1. The zero-order valence-corrected chi connectivity index (χ0v) is 10.4. The second-order valence-electron chi connectivity index (χ2n) is 5.14. The molecule has 6 nitrogen and oxygen atoms in total. The number of aromatic nitrogens is 2. The molecule has 3 N–H and O–H groups in total. The van der Waals surface area contributed by atoms with Crippen molar-refractivity contribution >= 4 is 5.91 Å². The third-order valence-corrected chi connectivity index (χ3v) is 3.91. The van der Waals surface area contributed by atoms with Crippen LogP contribution >= 0.6 is 0 Å². The first-order valence-electron chi connectivity index (χ1n) is 6.33. The third kappa shape index (κ3) is 1.81. The van der Waals surface area contributed by atoms with E-state index < -0.39 is 0 Å². The summed E-state index contributed by atoms with van der Waals surface area (Å²) in [6.07, 6.45) is 5.55. The van der Waals surface area contributed by atoms with Crippen molar-refractivity contribution in [3.05, 3.63) is 18.2 Å². The second kappa shape index (κ2) is 4.37. The van der Waals surface area contributed by atoms with Crippen LogP contribution in [0.25, 0.3) is 0 Å². The summed E-state index contributed by atoms with van der Waals surface area (Å²) in [7, 11) is 1.83. The van der Waals surface area contributed by atoms with Crippen molar-refractivity contribution in [1.29, 1.82) is 0 Å². The van der Waals surface area contributed by atoms with E-state index in [0.717, 1.165) is 19.4 Å². The minimum Gasteiger partial charge on any atom is -0.376 e. The molecule has 1 amide bonds. The summed E-state index contributed by atoms with van der Waals surface area (Å²) >= 11 is 0. The molecular formula is C12H18N4O2. The molecule has 0 spiro atoms. The van der Waals surface area contributed by atoms with E-state index in [0.29, 0.717) is 11.6 Å². The largest absolute Gasteiger partial charge is 0.376 e. The SMILES string of the molecule is Cn1cnc(C(=O)NC2C(N)C3CCCOC32)c1. The molecule has 2 aliphatic rings. The molecule has 18 heavy (non-hydrogen) atoms. The molecule has 1 saturated heterocycles. The Balaban J connectivity index is 1.64. The first kappa shape index (κ1) is 11.7. The highest BCUT2D eigenvalue weighted by Crippen LogP contribution is 2.36. The Labute approximate surface area is 106 Å². The molecule has 0 radical (unpaired) electrons. The van der Waals surface area contributed by atoms with E-state index in [1.54, 1.807) is 17.1 Å². The van der Waals surface area contributed by atoms with Crippen LogP contribution < -0.4 is 11.1 Å². The van der Waals surface area contributed by atoms with Crippen molar-refractivity contribution in [1.82, 2.24) is 14.9 Å². The summed E-state index contributed by atoms with van der Waals surface area (Å²) in [5.74, 6) is 0.219. The van der Waals surface area contributed by atoms with Gasteiger partial charge in [-0.05, 0) is 12.8 Å². The second-order valence-corrected chi connectivity index (χ2v) is 5.14. The van der Waals surface area contributed by atoms with E-state index in [1.807, 2.05) is 7.05 Å². The molecular weight excluding hydrogens is 232 g/mol. The third-order valence-electron chi connectivity index (χ3n) is 3.91. The average molecular weight is 250 g/mol. The molecule has 0 aromatic carbocycles. The zero-order chi connectivity index (χ0) is 12.7. The number of imidazole rings is 1. The molecule has 1 aliphatic carbocycles. The number of fused-ring (bicyclic) bond motifs is 1.